The maximum atomic E-state index is 10.5. The molecule has 0 aliphatic rings. The van der Waals surface area contributed by atoms with Crippen molar-refractivity contribution in [3.63, 3.8) is 0 Å². The molecule has 0 saturated heterocycles. The molecule has 0 radical (unpaired) electrons. The summed E-state index contributed by atoms with van der Waals surface area (Å²) in [5, 5.41) is 10.5. The predicted molar refractivity (Wildman–Crippen MR) is 97.0 cm³/mol. The fraction of sp³-hybridized carbons (Fsp3) is 0.350. The minimum Gasteiger partial charge on any atom is -0.497 e. The molecule has 3 aromatic rings. The number of benzene rings is 2. The molecule has 1 N–H and O–H groups in total. The summed E-state index contributed by atoms with van der Waals surface area (Å²) in [4.78, 5) is 0. The Morgan fingerprint density at radius 2 is 1.76 bits per heavy atom. The number of aryl methyl sites for hydroxylation is 1. The van der Waals surface area contributed by atoms with Gasteiger partial charge in [-0.3, -0.25) is 0 Å². The third-order valence-electron chi connectivity index (χ3n) is 4.44. The lowest BCUT2D eigenvalue weighted by atomic mass is 10.3. The van der Waals surface area contributed by atoms with Crippen LogP contribution < -0.4 is 14.0 Å². The highest BCUT2D eigenvalue weighted by Gasteiger charge is 2.23. The van der Waals surface area contributed by atoms with Gasteiger partial charge in [-0.05, 0) is 36.4 Å². The monoisotopic (exact) mass is 341 g/mol. The van der Waals surface area contributed by atoms with Gasteiger partial charge in [-0.2, -0.15) is 0 Å². The number of hydrogen-bond acceptors (Lipinski definition) is 3. The average molecular weight is 341 g/mol. The van der Waals surface area contributed by atoms with E-state index in [1.165, 1.54) is 11.3 Å². The van der Waals surface area contributed by atoms with Crippen molar-refractivity contribution in [3.8, 4) is 11.5 Å². The lowest BCUT2D eigenvalue weighted by molar-refractivity contribution is -0.653. The summed E-state index contributed by atoms with van der Waals surface area (Å²) in [5.74, 6) is 2.69. The molecule has 0 fully saturated rings. The Hall–Kier alpha value is -2.53. The van der Waals surface area contributed by atoms with Gasteiger partial charge in [0.2, 0.25) is 0 Å². The Balaban J connectivity index is 1.72. The van der Waals surface area contributed by atoms with Gasteiger partial charge >= 0.3 is 0 Å². The second kappa shape index (κ2) is 7.57. The van der Waals surface area contributed by atoms with Gasteiger partial charge in [0, 0.05) is 6.42 Å². The molecule has 0 amide bonds. The second-order valence-corrected chi connectivity index (χ2v) is 6.07. The van der Waals surface area contributed by atoms with Gasteiger partial charge in [-0.15, -0.1) is 0 Å². The first kappa shape index (κ1) is 17.3. The largest absolute Gasteiger partial charge is 0.497 e. The van der Waals surface area contributed by atoms with Crippen LogP contribution in [0.2, 0.25) is 0 Å². The number of rotatable bonds is 7. The van der Waals surface area contributed by atoms with Crippen molar-refractivity contribution >= 4 is 11.0 Å². The van der Waals surface area contributed by atoms with E-state index < -0.39 is 6.10 Å². The van der Waals surface area contributed by atoms with Crippen LogP contribution in [0.15, 0.2) is 48.5 Å². The Morgan fingerprint density at radius 3 is 2.44 bits per heavy atom. The van der Waals surface area contributed by atoms with Gasteiger partial charge in [0.05, 0.1) is 14.2 Å². The van der Waals surface area contributed by atoms with E-state index >= 15 is 0 Å². The molecular weight excluding hydrogens is 316 g/mol. The molecule has 0 spiro atoms. The molecule has 1 aromatic heterocycles. The Kier molecular flexibility index (Phi) is 5.24. The van der Waals surface area contributed by atoms with E-state index in [0.29, 0.717) is 6.54 Å². The Labute approximate surface area is 148 Å². The van der Waals surface area contributed by atoms with Gasteiger partial charge in [0.1, 0.15) is 30.8 Å². The minimum absolute atomic E-state index is 0.242. The summed E-state index contributed by atoms with van der Waals surface area (Å²) in [7, 11) is 3.70. The van der Waals surface area contributed by atoms with Crippen LogP contribution in [0, 0.1) is 0 Å². The zero-order valence-corrected chi connectivity index (χ0v) is 15.0. The number of imidazole rings is 1. The SMILES string of the molecule is CCc1n(CC(O)COc2ccc(OC)cc2)c2ccccc2[n+]1C. The average Bonchev–Trinajstić information content (AvgIpc) is 2.92. The van der Waals surface area contributed by atoms with Crippen LogP contribution in [0.4, 0.5) is 0 Å². The predicted octanol–water partition coefficient (Wildman–Crippen LogP) is 2.48. The van der Waals surface area contributed by atoms with Crippen molar-refractivity contribution in [2.45, 2.75) is 26.0 Å². The molecule has 25 heavy (non-hydrogen) atoms. The fourth-order valence-electron chi connectivity index (χ4n) is 3.19. The summed E-state index contributed by atoms with van der Waals surface area (Å²) in [6.07, 6.45) is 0.306. The quantitative estimate of drug-likeness (QED) is 0.672. The summed E-state index contributed by atoms with van der Waals surface area (Å²) in [5.41, 5.74) is 2.30. The van der Waals surface area contributed by atoms with E-state index in [1.54, 1.807) is 7.11 Å². The van der Waals surface area contributed by atoms with E-state index in [-0.39, 0.29) is 6.61 Å². The molecular formula is C20H25N2O3+. The van der Waals surface area contributed by atoms with Crippen molar-refractivity contribution in [1.29, 1.82) is 0 Å². The summed E-state index contributed by atoms with van der Waals surface area (Å²) < 4.78 is 15.2. The third kappa shape index (κ3) is 3.61. The molecule has 132 valence electrons. The zero-order valence-electron chi connectivity index (χ0n) is 15.0. The van der Waals surface area contributed by atoms with Gasteiger partial charge < -0.3 is 14.6 Å². The molecule has 0 bridgehead atoms. The summed E-state index contributed by atoms with van der Waals surface area (Å²) in [6, 6.07) is 15.6. The van der Waals surface area contributed by atoms with Gasteiger partial charge in [-0.25, -0.2) is 9.13 Å². The topological polar surface area (TPSA) is 47.5 Å². The number of methoxy groups -OCH3 is 1. The molecule has 5 heteroatoms. The first-order valence-corrected chi connectivity index (χ1v) is 8.55. The lowest BCUT2D eigenvalue weighted by Gasteiger charge is -2.12. The molecule has 0 aliphatic heterocycles. The van der Waals surface area contributed by atoms with Gasteiger partial charge in [-0.1, -0.05) is 19.1 Å². The molecule has 5 nitrogen and oxygen atoms in total. The first-order valence-electron chi connectivity index (χ1n) is 8.55. The van der Waals surface area contributed by atoms with Crippen LogP contribution in [0.3, 0.4) is 0 Å². The molecule has 1 atom stereocenters. The number of aromatic nitrogens is 2. The van der Waals surface area contributed by atoms with Crippen LogP contribution in [-0.4, -0.2) is 29.5 Å². The van der Waals surface area contributed by atoms with E-state index in [4.69, 9.17) is 9.47 Å². The standard InChI is InChI=1S/C20H25N2O3/c1-4-20-21(2)18-7-5-6-8-19(18)22(20)13-15(23)14-25-17-11-9-16(24-3)10-12-17/h5-12,15,23H,4,13-14H2,1-3H3/q+1. The van der Waals surface area contributed by atoms with Crippen molar-refractivity contribution in [1.82, 2.24) is 4.57 Å². The summed E-state index contributed by atoms with van der Waals surface area (Å²) >= 11 is 0. The highest BCUT2D eigenvalue weighted by Crippen LogP contribution is 2.18. The molecule has 3 rings (SSSR count). The van der Waals surface area contributed by atoms with Crippen LogP contribution in [0.1, 0.15) is 12.7 Å². The number of fused-ring (bicyclic) bond motifs is 1. The van der Waals surface area contributed by atoms with Crippen LogP contribution in [0.25, 0.3) is 11.0 Å². The number of aliphatic hydroxyl groups excluding tert-OH is 1. The molecule has 0 aliphatic carbocycles. The number of hydrogen-bond donors (Lipinski definition) is 1. The minimum atomic E-state index is -0.594. The molecule has 0 saturated carbocycles. The molecule has 1 heterocycles. The zero-order chi connectivity index (χ0) is 17.8. The van der Waals surface area contributed by atoms with Crippen LogP contribution >= 0.6 is 0 Å². The van der Waals surface area contributed by atoms with E-state index in [1.807, 2.05) is 36.4 Å². The third-order valence-corrected chi connectivity index (χ3v) is 4.44. The van der Waals surface area contributed by atoms with E-state index in [9.17, 15) is 5.11 Å². The highest BCUT2D eigenvalue weighted by molar-refractivity contribution is 5.72. The molecule has 2 aromatic carbocycles. The van der Waals surface area contributed by atoms with Crippen LogP contribution in [0.5, 0.6) is 11.5 Å². The van der Waals surface area contributed by atoms with Gasteiger partial charge in [0.15, 0.2) is 11.0 Å². The maximum Gasteiger partial charge on any atom is 0.256 e. The number of para-hydroxylation sites is 2. The van der Waals surface area contributed by atoms with Gasteiger partial charge in [0.25, 0.3) is 5.82 Å². The van der Waals surface area contributed by atoms with Crippen LogP contribution in [-0.2, 0) is 20.0 Å². The number of ether oxygens (including phenoxy) is 2. The van der Waals surface area contributed by atoms with E-state index in [0.717, 1.165) is 23.4 Å². The van der Waals surface area contributed by atoms with Crippen molar-refractivity contribution in [2.75, 3.05) is 13.7 Å². The molecule has 1 unspecified atom stereocenters. The number of aliphatic hydroxyl groups is 1. The maximum absolute atomic E-state index is 10.5. The smallest absolute Gasteiger partial charge is 0.256 e. The lowest BCUT2D eigenvalue weighted by Crippen LogP contribution is -2.34. The highest BCUT2D eigenvalue weighted by atomic mass is 16.5. The van der Waals surface area contributed by atoms with Crippen molar-refractivity contribution in [2.24, 2.45) is 7.05 Å². The van der Waals surface area contributed by atoms with Crippen molar-refractivity contribution in [3.05, 3.63) is 54.4 Å². The summed E-state index contributed by atoms with van der Waals surface area (Å²) in [6.45, 7) is 2.87. The fourth-order valence-corrected chi connectivity index (χ4v) is 3.19. The van der Waals surface area contributed by atoms with E-state index in [2.05, 4.69) is 35.2 Å². The number of nitrogens with zero attached hydrogens (tertiary/aromatic N) is 2. The Morgan fingerprint density at radius 1 is 1.08 bits per heavy atom. The van der Waals surface area contributed by atoms with Crippen molar-refractivity contribution < 1.29 is 19.1 Å². The Bertz CT molecular complexity index is 840. The second-order valence-electron chi connectivity index (χ2n) is 6.07. The normalized spacial score (nSPS) is 12.3. The first-order chi connectivity index (χ1) is 12.1.